The van der Waals surface area contributed by atoms with Gasteiger partial charge in [-0.25, -0.2) is 4.98 Å². The van der Waals surface area contributed by atoms with Gasteiger partial charge in [-0.15, -0.1) is 0 Å². The highest BCUT2D eigenvalue weighted by Crippen LogP contribution is 2.28. The lowest BCUT2D eigenvalue weighted by Crippen LogP contribution is -2.19. The molecule has 2 aromatic rings. The first-order chi connectivity index (χ1) is 9.30. The average molecular weight is 259 g/mol. The van der Waals surface area contributed by atoms with Gasteiger partial charge >= 0.3 is 0 Å². The highest BCUT2D eigenvalue weighted by atomic mass is 16.5. The zero-order valence-electron chi connectivity index (χ0n) is 11.3. The summed E-state index contributed by atoms with van der Waals surface area (Å²) in [6.45, 7) is 0. The molecule has 0 saturated carbocycles. The fourth-order valence-corrected chi connectivity index (χ4v) is 2.00. The number of pyridine rings is 2. The lowest BCUT2D eigenvalue weighted by Gasteiger charge is -2.19. The van der Waals surface area contributed by atoms with Crippen LogP contribution >= 0.6 is 0 Å². The van der Waals surface area contributed by atoms with E-state index in [1.165, 1.54) is 0 Å². The number of aromatic nitrogens is 2. The average Bonchev–Trinajstić information content (AvgIpc) is 2.49. The number of nitrogens with one attached hydrogen (secondary N) is 1. The predicted octanol–water partition coefficient (Wildman–Crippen LogP) is 1.80. The van der Waals surface area contributed by atoms with Crippen molar-refractivity contribution in [3.05, 3.63) is 47.9 Å². The van der Waals surface area contributed by atoms with Crippen molar-refractivity contribution >= 4 is 0 Å². The van der Waals surface area contributed by atoms with E-state index in [0.29, 0.717) is 5.88 Å². The molecule has 0 saturated heterocycles. The van der Waals surface area contributed by atoms with Crippen LogP contribution in [0.4, 0.5) is 0 Å². The Morgan fingerprint density at radius 3 is 2.74 bits per heavy atom. The Morgan fingerprint density at radius 1 is 1.21 bits per heavy atom. The molecule has 5 heteroatoms. The van der Waals surface area contributed by atoms with Crippen molar-refractivity contribution in [3.63, 3.8) is 0 Å². The monoisotopic (exact) mass is 259 g/mol. The van der Waals surface area contributed by atoms with E-state index in [4.69, 9.17) is 9.47 Å². The summed E-state index contributed by atoms with van der Waals surface area (Å²) in [6, 6.07) is 5.76. The van der Waals surface area contributed by atoms with Gasteiger partial charge in [0.2, 0.25) is 5.88 Å². The van der Waals surface area contributed by atoms with Gasteiger partial charge in [0, 0.05) is 18.0 Å². The van der Waals surface area contributed by atoms with Gasteiger partial charge in [-0.2, -0.15) is 0 Å². The number of hydrogen-bond donors (Lipinski definition) is 1. The normalized spacial score (nSPS) is 11.9. The fraction of sp³-hybridized carbons (Fsp3) is 0.286. The first-order valence-electron chi connectivity index (χ1n) is 5.95. The largest absolute Gasteiger partial charge is 0.495 e. The molecule has 0 spiro atoms. The molecule has 1 atom stereocenters. The van der Waals surface area contributed by atoms with Crippen LogP contribution in [-0.2, 0) is 0 Å². The minimum atomic E-state index is -0.0498. The summed E-state index contributed by atoms with van der Waals surface area (Å²) in [6.07, 6.45) is 5.19. The molecule has 0 fully saturated rings. The molecule has 2 heterocycles. The van der Waals surface area contributed by atoms with E-state index in [-0.39, 0.29) is 6.04 Å². The van der Waals surface area contributed by atoms with E-state index in [9.17, 15) is 0 Å². The summed E-state index contributed by atoms with van der Waals surface area (Å²) < 4.78 is 10.5. The first-order valence-corrected chi connectivity index (χ1v) is 5.95. The van der Waals surface area contributed by atoms with Gasteiger partial charge in [0.1, 0.15) is 5.75 Å². The molecule has 0 radical (unpaired) electrons. The number of nitrogens with zero attached hydrogens (tertiary/aromatic N) is 2. The van der Waals surface area contributed by atoms with E-state index in [0.717, 1.165) is 16.9 Å². The van der Waals surface area contributed by atoms with Crippen LogP contribution in [0, 0.1) is 0 Å². The summed E-state index contributed by atoms with van der Waals surface area (Å²) in [4.78, 5) is 8.40. The third-order valence-corrected chi connectivity index (χ3v) is 2.90. The van der Waals surface area contributed by atoms with Crippen molar-refractivity contribution in [1.82, 2.24) is 15.3 Å². The number of hydrogen-bond acceptors (Lipinski definition) is 5. The molecule has 0 aliphatic carbocycles. The molecule has 19 heavy (non-hydrogen) atoms. The van der Waals surface area contributed by atoms with Crippen molar-refractivity contribution in [2.45, 2.75) is 6.04 Å². The lowest BCUT2D eigenvalue weighted by atomic mass is 10.0. The van der Waals surface area contributed by atoms with Gasteiger partial charge in [0.05, 0.1) is 26.5 Å². The minimum absolute atomic E-state index is 0.0498. The Morgan fingerprint density at radius 2 is 2.05 bits per heavy atom. The molecular formula is C14H17N3O2. The molecule has 5 nitrogen and oxygen atoms in total. The van der Waals surface area contributed by atoms with Crippen molar-refractivity contribution in [3.8, 4) is 11.6 Å². The molecular weight excluding hydrogens is 242 g/mol. The molecule has 2 rings (SSSR count). The number of methoxy groups -OCH3 is 2. The third-order valence-electron chi connectivity index (χ3n) is 2.90. The zero-order valence-corrected chi connectivity index (χ0v) is 11.3. The Hall–Kier alpha value is -2.14. The van der Waals surface area contributed by atoms with Gasteiger partial charge < -0.3 is 14.8 Å². The Kier molecular flexibility index (Phi) is 4.30. The van der Waals surface area contributed by atoms with Crippen molar-refractivity contribution in [2.75, 3.05) is 21.3 Å². The quantitative estimate of drug-likeness (QED) is 0.887. The zero-order chi connectivity index (χ0) is 13.7. The van der Waals surface area contributed by atoms with Crippen LogP contribution in [0.15, 0.2) is 36.8 Å². The van der Waals surface area contributed by atoms with E-state index in [2.05, 4.69) is 15.3 Å². The third kappa shape index (κ3) is 2.82. The van der Waals surface area contributed by atoms with Gasteiger partial charge in [0.25, 0.3) is 0 Å². The smallest absolute Gasteiger partial charge is 0.218 e. The molecule has 2 aromatic heterocycles. The highest BCUT2D eigenvalue weighted by molar-refractivity contribution is 5.38. The van der Waals surface area contributed by atoms with E-state index in [1.807, 2.05) is 25.2 Å². The van der Waals surface area contributed by atoms with E-state index < -0.39 is 0 Å². The van der Waals surface area contributed by atoms with Crippen molar-refractivity contribution < 1.29 is 9.47 Å². The number of rotatable bonds is 5. The summed E-state index contributed by atoms with van der Waals surface area (Å²) in [7, 11) is 5.12. The topological polar surface area (TPSA) is 56.3 Å². The maximum absolute atomic E-state index is 5.30. The van der Waals surface area contributed by atoms with Gasteiger partial charge in [-0.05, 0) is 24.7 Å². The fourth-order valence-electron chi connectivity index (χ4n) is 2.00. The molecule has 0 aliphatic heterocycles. The Bertz CT molecular complexity index is 546. The lowest BCUT2D eigenvalue weighted by molar-refractivity contribution is 0.387. The molecule has 0 aromatic carbocycles. The van der Waals surface area contributed by atoms with Crippen LogP contribution in [0.1, 0.15) is 17.2 Å². The minimum Gasteiger partial charge on any atom is -0.495 e. The molecule has 0 amide bonds. The van der Waals surface area contributed by atoms with E-state index in [1.54, 1.807) is 32.8 Å². The highest BCUT2D eigenvalue weighted by Gasteiger charge is 2.17. The van der Waals surface area contributed by atoms with Crippen LogP contribution in [0.5, 0.6) is 11.6 Å². The number of ether oxygens (including phenoxy) is 2. The maximum atomic E-state index is 5.30. The van der Waals surface area contributed by atoms with Crippen molar-refractivity contribution in [1.29, 1.82) is 0 Å². The second kappa shape index (κ2) is 6.15. The van der Waals surface area contributed by atoms with Gasteiger partial charge in [-0.3, -0.25) is 4.98 Å². The Balaban J connectivity index is 2.43. The van der Waals surface area contributed by atoms with Crippen LogP contribution < -0.4 is 14.8 Å². The van der Waals surface area contributed by atoms with Crippen LogP contribution in [-0.4, -0.2) is 31.2 Å². The first kappa shape index (κ1) is 13.3. The second-order valence-electron chi connectivity index (χ2n) is 3.98. The predicted molar refractivity (Wildman–Crippen MR) is 72.5 cm³/mol. The summed E-state index contributed by atoms with van der Waals surface area (Å²) in [5.74, 6) is 1.32. The molecule has 1 unspecified atom stereocenters. The molecule has 0 bridgehead atoms. The molecule has 100 valence electrons. The standard InChI is InChI=1S/C14H17N3O2/c1-15-13(10-7-11(18-2)9-16-8-10)12-5-4-6-17-14(12)19-3/h4-9,13,15H,1-3H3. The van der Waals surface area contributed by atoms with E-state index >= 15 is 0 Å². The molecule has 0 aliphatic rings. The second-order valence-corrected chi connectivity index (χ2v) is 3.98. The molecule has 1 N–H and O–H groups in total. The SMILES string of the molecule is CNC(c1cncc(OC)c1)c1cccnc1OC. The van der Waals surface area contributed by atoms with Crippen LogP contribution in [0.2, 0.25) is 0 Å². The summed E-state index contributed by atoms with van der Waals surface area (Å²) in [5, 5.41) is 3.25. The summed E-state index contributed by atoms with van der Waals surface area (Å²) >= 11 is 0. The van der Waals surface area contributed by atoms with Crippen molar-refractivity contribution in [2.24, 2.45) is 0 Å². The van der Waals surface area contributed by atoms with Gasteiger partial charge in [0.15, 0.2) is 0 Å². The van der Waals surface area contributed by atoms with Crippen LogP contribution in [0.3, 0.4) is 0 Å². The maximum Gasteiger partial charge on any atom is 0.218 e. The Labute approximate surface area is 112 Å². The van der Waals surface area contributed by atoms with Crippen LogP contribution in [0.25, 0.3) is 0 Å². The van der Waals surface area contributed by atoms with Gasteiger partial charge in [-0.1, -0.05) is 6.07 Å². The summed E-state index contributed by atoms with van der Waals surface area (Å²) in [5.41, 5.74) is 1.95.